The van der Waals surface area contributed by atoms with Crippen molar-refractivity contribution in [3.05, 3.63) is 88.1 Å². The van der Waals surface area contributed by atoms with Crippen LogP contribution in [0.4, 0.5) is 0 Å². The number of amides is 1. The average molecular weight is 378 g/mol. The quantitative estimate of drug-likeness (QED) is 0.687. The molecule has 2 atom stereocenters. The van der Waals surface area contributed by atoms with Crippen LogP contribution >= 0.6 is 0 Å². The number of carbonyl (C=O) groups is 1. The number of benzene rings is 1. The maximum atomic E-state index is 12.7. The Morgan fingerprint density at radius 2 is 2.07 bits per heavy atom. The highest BCUT2D eigenvalue weighted by atomic mass is 16.5. The van der Waals surface area contributed by atoms with Crippen LogP contribution in [0, 0.1) is 5.92 Å². The molecule has 28 heavy (non-hydrogen) atoms. The van der Waals surface area contributed by atoms with Crippen LogP contribution in [0.2, 0.25) is 0 Å². The number of ether oxygens (including phenoxy) is 1. The summed E-state index contributed by atoms with van der Waals surface area (Å²) in [6, 6.07) is 13.3. The van der Waals surface area contributed by atoms with Gasteiger partial charge in [-0.05, 0) is 17.5 Å². The Bertz CT molecular complexity index is 976. The van der Waals surface area contributed by atoms with Gasteiger partial charge in [-0.25, -0.2) is 0 Å². The first-order chi connectivity index (χ1) is 13.7. The molecule has 7 nitrogen and oxygen atoms in total. The molecule has 0 aliphatic carbocycles. The number of aromatic amines is 1. The van der Waals surface area contributed by atoms with Crippen molar-refractivity contribution >= 4 is 5.91 Å². The van der Waals surface area contributed by atoms with Crippen molar-refractivity contribution in [2.24, 2.45) is 5.92 Å². The summed E-state index contributed by atoms with van der Waals surface area (Å²) < 4.78 is 7.71. The highest BCUT2D eigenvalue weighted by molar-refractivity contribution is 5.79. The summed E-state index contributed by atoms with van der Waals surface area (Å²) in [5, 5.41) is 7.36. The molecular weight excluding hydrogens is 356 g/mol. The second-order valence-electron chi connectivity index (χ2n) is 6.92. The lowest BCUT2D eigenvalue weighted by Crippen LogP contribution is -2.32. The van der Waals surface area contributed by atoms with Crippen LogP contribution < -0.4 is 10.9 Å². The Kier molecular flexibility index (Phi) is 5.34. The minimum atomic E-state index is -0.292. The molecule has 0 radical (unpaired) electrons. The Labute approximate surface area is 162 Å². The first-order valence-corrected chi connectivity index (χ1v) is 9.32. The third-order valence-electron chi connectivity index (χ3n) is 4.91. The molecule has 0 saturated carbocycles. The predicted molar refractivity (Wildman–Crippen MR) is 103 cm³/mol. The molecule has 7 heteroatoms. The molecule has 3 heterocycles. The Hall–Kier alpha value is -3.19. The van der Waals surface area contributed by atoms with Crippen LogP contribution in [-0.2, 0) is 22.6 Å². The Morgan fingerprint density at radius 1 is 1.21 bits per heavy atom. The van der Waals surface area contributed by atoms with E-state index in [4.69, 9.17) is 4.74 Å². The molecule has 4 rings (SSSR count). The van der Waals surface area contributed by atoms with E-state index in [1.807, 2.05) is 29.1 Å². The summed E-state index contributed by atoms with van der Waals surface area (Å²) in [5.74, 6) is -0.304. The lowest BCUT2D eigenvalue weighted by molar-refractivity contribution is -0.126. The zero-order chi connectivity index (χ0) is 19.3. The second kappa shape index (κ2) is 8.22. The molecule has 1 amide bonds. The lowest BCUT2D eigenvalue weighted by Gasteiger charge is -2.17. The van der Waals surface area contributed by atoms with Crippen molar-refractivity contribution < 1.29 is 9.53 Å². The standard InChI is InChI=1S/C21H22N4O3/c26-19-7-6-16(10-22-19)11-23-21(27)18-8-9-28-20(18)17-12-24-25(14-17)13-15-4-2-1-3-5-15/h1-7,10,12,14,18,20H,8-9,11,13H2,(H,22,26)(H,23,27)/t18-,20+/m0/s1. The number of aromatic nitrogens is 3. The van der Waals surface area contributed by atoms with Gasteiger partial charge in [-0.15, -0.1) is 0 Å². The fourth-order valence-corrected chi connectivity index (χ4v) is 3.44. The first kappa shape index (κ1) is 18.2. The van der Waals surface area contributed by atoms with Crippen molar-refractivity contribution in [2.45, 2.75) is 25.6 Å². The number of pyridine rings is 1. The zero-order valence-corrected chi connectivity index (χ0v) is 15.4. The van der Waals surface area contributed by atoms with Crippen molar-refractivity contribution in [3.8, 4) is 0 Å². The van der Waals surface area contributed by atoms with Crippen LogP contribution in [0.5, 0.6) is 0 Å². The summed E-state index contributed by atoms with van der Waals surface area (Å²) in [5.41, 5.74) is 2.77. The Morgan fingerprint density at radius 3 is 2.86 bits per heavy atom. The smallest absolute Gasteiger partial charge is 0.247 e. The van der Waals surface area contributed by atoms with Crippen molar-refractivity contribution in [1.82, 2.24) is 20.1 Å². The van der Waals surface area contributed by atoms with Crippen LogP contribution in [0.1, 0.15) is 29.2 Å². The van der Waals surface area contributed by atoms with Gasteiger partial charge in [-0.3, -0.25) is 14.3 Å². The van der Waals surface area contributed by atoms with Crippen LogP contribution in [0.25, 0.3) is 0 Å². The minimum absolute atomic E-state index is 0.0514. The molecule has 0 unspecified atom stereocenters. The Balaban J connectivity index is 1.39. The summed E-state index contributed by atoms with van der Waals surface area (Å²) in [6.07, 6.45) is 5.72. The van der Waals surface area contributed by atoms with Gasteiger partial charge in [0.25, 0.3) is 0 Å². The highest BCUT2D eigenvalue weighted by Crippen LogP contribution is 2.34. The molecule has 2 aromatic heterocycles. The number of carbonyl (C=O) groups excluding carboxylic acids is 1. The molecule has 1 aromatic carbocycles. The normalized spacial score (nSPS) is 18.9. The van der Waals surface area contributed by atoms with E-state index < -0.39 is 0 Å². The minimum Gasteiger partial charge on any atom is -0.373 e. The van der Waals surface area contributed by atoms with Gasteiger partial charge in [0.15, 0.2) is 0 Å². The maximum absolute atomic E-state index is 12.7. The van der Waals surface area contributed by atoms with Gasteiger partial charge in [0.1, 0.15) is 0 Å². The van der Waals surface area contributed by atoms with Gasteiger partial charge >= 0.3 is 0 Å². The number of rotatable bonds is 6. The molecular formula is C21H22N4O3. The van der Waals surface area contributed by atoms with Gasteiger partial charge in [0, 0.05) is 37.2 Å². The van der Waals surface area contributed by atoms with Crippen LogP contribution in [0.3, 0.4) is 0 Å². The van der Waals surface area contributed by atoms with Crippen molar-refractivity contribution in [3.63, 3.8) is 0 Å². The molecule has 2 N–H and O–H groups in total. The van der Waals surface area contributed by atoms with E-state index in [1.165, 1.54) is 11.6 Å². The largest absolute Gasteiger partial charge is 0.373 e. The molecule has 1 aliphatic heterocycles. The molecule has 3 aromatic rings. The topological polar surface area (TPSA) is 89.0 Å². The number of hydrogen-bond acceptors (Lipinski definition) is 4. The molecule has 144 valence electrons. The van der Waals surface area contributed by atoms with Crippen molar-refractivity contribution in [1.29, 1.82) is 0 Å². The molecule has 1 aliphatic rings. The van der Waals surface area contributed by atoms with Gasteiger partial charge in [-0.2, -0.15) is 5.10 Å². The van der Waals surface area contributed by atoms with Crippen LogP contribution in [0.15, 0.2) is 65.8 Å². The van der Waals surface area contributed by atoms with E-state index in [-0.39, 0.29) is 23.5 Å². The van der Waals surface area contributed by atoms with Gasteiger partial charge in [0.05, 0.1) is 24.8 Å². The van der Waals surface area contributed by atoms with E-state index in [2.05, 4.69) is 27.5 Å². The highest BCUT2D eigenvalue weighted by Gasteiger charge is 2.35. The van der Waals surface area contributed by atoms with E-state index in [0.717, 1.165) is 11.1 Å². The fraction of sp³-hybridized carbons (Fsp3) is 0.286. The lowest BCUT2D eigenvalue weighted by atomic mass is 9.96. The van der Waals surface area contributed by atoms with Gasteiger partial charge in [0.2, 0.25) is 11.5 Å². The zero-order valence-electron chi connectivity index (χ0n) is 15.4. The second-order valence-corrected chi connectivity index (χ2v) is 6.92. The molecule has 0 bridgehead atoms. The molecule has 0 spiro atoms. The predicted octanol–water partition coefficient (Wildman–Crippen LogP) is 2.01. The monoisotopic (exact) mass is 378 g/mol. The van der Waals surface area contributed by atoms with E-state index in [9.17, 15) is 9.59 Å². The SMILES string of the molecule is O=C(NCc1ccc(=O)[nH]c1)[C@H]1CCO[C@@H]1c1cnn(Cc2ccccc2)c1. The third-order valence-corrected chi connectivity index (χ3v) is 4.91. The summed E-state index contributed by atoms with van der Waals surface area (Å²) >= 11 is 0. The molecule has 1 saturated heterocycles. The molecule has 1 fully saturated rings. The van der Waals surface area contributed by atoms with Crippen LogP contribution in [-0.4, -0.2) is 27.3 Å². The number of hydrogen-bond donors (Lipinski definition) is 2. The number of nitrogens with one attached hydrogen (secondary N) is 2. The van der Waals surface area contributed by atoms with E-state index >= 15 is 0 Å². The summed E-state index contributed by atoms with van der Waals surface area (Å²) in [7, 11) is 0. The third kappa shape index (κ3) is 4.20. The first-order valence-electron chi connectivity index (χ1n) is 9.32. The summed E-state index contributed by atoms with van der Waals surface area (Å²) in [6.45, 7) is 1.59. The van der Waals surface area contributed by atoms with E-state index in [0.29, 0.717) is 26.1 Å². The average Bonchev–Trinajstić information content (AvgIpc) is 3.37. The van der Waals surface area contributed by atoms with Gasteiger partial charge < -0.3 is 15.0 Å². The summed E-state index contributed by atoms with van der Waals surface area (Å²) in [4.78, 5) is 26.4. The van der Waals surface area contributed by atoms with Gasteiger partial charge in [-0.1, -0.05) is 36.4 Å². The number of H-pyrrole nitrogens is 1. The fourth-order valence-electron chi connectivity index (χ4n) is 3.44. The number of nitrogens with zero attached hydrogens (tertiary/aromatic N) is 2. The van der Waals surface area contributed by atoms with Crippen molar-refractivity contribution in [2.75, 3.05) is 6.61 Å². The van der Waals surface area contributed by atoms with E-state index in [1.54, 1.807) is 18.5 Å². The maximum Gasteiger partial charge on any atom is 0.247 e.